The molecule has 0 unspecified atom stereocenters. The van der Waals surface area contributed by atoms with E-state index < -0.39 is 0 Å². The van der Waals surface area contributed by atoms with Crippen LogP contribution in [0.3, 0.4) is 0 Å². The molecular weight excluding hydrogens is 827 g/mol. The molecule has 3 aromatic heterocycles. The van der Waals surface area contributed by atoms with E-state index in [-0.39, 0.29) is 47.9 Å². The van der Waals surface area contributed by atoms with E-state index in [1.807, 2.05) is 47.6 Å². The van der Waals surface area contributed by atoms with Crippen LogP contribution in [0.2, 0.25) is 0 Å². The van der Waals surface area contributed by atoms with Gasteiger partial charge < -0.3 is 5.11 Å². The fourth-order valence-electron chi connectivity index (χ4n) is 6.02. The van der Waals surface area contributed by atoms with Gasteiger partial charge >= 0.3 is 0 Å². The summed E-state index contributed by atoms with van der Waals surface area (Å²) in [6.45, 7) is 23.3. The van der Waals surface area contributed by atoms with Crippen LogP contribution in [0, 0.1) is 22.8 Å². The van der Waals surface area contributed by atoms with Crippen LogP contribution in [0.4, 0.5) is 0 Å². The van der Waals surface area contributed by atoms with E-state index in [9.17, 15) is 9.90 Å². The molecule has 0 saturated heterocycles. The van der Waals surface area contributed by atoms with Gasteiger partial charge in [-0.25, -0.2) is 9.97 Å². The predicted molar refractivity (Wildman–Crippen MR) is 213 cm³/mol. The number of benzene rings is 2. The topological polar surface area (TPSA) is 76.0 Å². The summed E-state index contributed by atoms with van der Waals surface area (Å²) >= 11 is 1.76. The van der Waals surface area contributed by atoms with Gasteiger partial charge in [0, 0.05) is 42.7 Å². The first-order chi connectivity index (χ1) is 23.6. The van der Waals surface area contributed by atoms with Crippen LogP contribution in [0.5, 0.6) is 0 Å². The second-order valence-electron chi connectivity index (χ2n) is 15.5. The first kappa shape index (κ1) is 42.2. The molecule has 1 radical (unpaired) electrons. The fourth-order valence-corrected chi connectivity index (χ4v) is 6.89. The van der Waals surface area contributed by atoms with Gasteiger partial charge in [-0.3, -0.25) is 9.78 Å². The van der Waals surface area contributed by atoms with Gasteiger partial charge in [-0.2, -0.15) is 0 Å². The van der Waals surface area contributed by atoms with Gasteiger partial charge in [-0.05, 0) is 72.4 Å². The average molecular weight is 883 g/mol. The zero-order chi connectivity index (χ0) is 36.9. The molecule has 0 spiro atoms. The minimum absolute atomic E-state index is 0. The van der Waals surface area contributed by atoms with Crippen LogP contribution in [-0.4, -0.2) is 25.8 Å². The van der Waals surface area contributed by atoms with Gasteiger partial charge in [-0.15, -0.1) is 40.5 Å². The molecule has 0 aliphatic rings. The number of hydrogen-bond acceptors (Lipinski definition) is 6. The molecule has 0 amide bonds. The molecular formula is C44H56IrN3O2S-. The van der Waals surface area contributed by atoms with Gasteiger partial charge in [0.25, 0.3) is 0 Å². The minimum Gasteiger partial charge on any atom is -0.512 e. The Labute approximate surface area is 323 Å². The van der Waals surface area contributed by atoms with Crippen LogP contribution in [0.1, 0.15) is 113 Å². The summed E-state index contributed by atoms with van der Waals surface area (Å²) < 4.78 is 1.28. The maximum atomic E-state index is 12.2. The van der Waals surface area contributed by atoms with Gasteiger partial charge in [0.2, 0.25) is 0 Å². The number of aromatic nitrogens is 3. The number of nitrogens with zero attached hydrogens (tertiary/aromatic N) is 3. The van der Waals surface area contributed by atoms with Crippen molar-refractivity contribution in [3.05, 3.63) is 89.4 Å². The third kappa shape index (κ3) is 9.80. The number of hydrogen-bond donors (Lipinski definition) is 1. The third-order valence-corrected chi connectivity index (χ3v) is 11.5. The Balaban J connectivity index is 0.000000335. The SMILES string of the molecule is CC(C)Cc1nc(-c2cc(-c3[c-]c4ccccc4c(C(C)(C)C)c3)ncn2)cc2ccsc12.CCC(C)(CC)C(=O)/C=C(\O)C(C)(CC)CC.[Ir]. The molecule has 0 atom stereocenters. The minimum atomic E-state index is -0.337. The maximum Gasteiger partial charge on any atom is 0.164 e. The molecule has 0 fully saturated rings. The molecule has 0 aliphatic carbocycles. The van der Waals surface area contributed by atoms with Crippen molar-refractivity contribution in [2.45, 2.75) is 114 Å². The first-order valence-corrected chi connectivity index (χ1v) is 19.1. The van der Waals surface area contributed by atoms with Crippen LogP contribution in [0.25, 0.3) is 43.5 Å². The van der Waals surface area contributed by atoms with E-state index in [0.29, 0.717) is 5.92 Å². The van der Waals surface area contributed by atoms with E-state index in [1.165, 1.54) is 27.1 Å². The summed E-state index contributed by atoms with van der Waals surface area (Å²) in [5, 5.41) is 15.9. The predicted octanol–water partition coefficient (Wildman–Crippen LogP) is 12.5. The maximum absolute atomic E-state index is 12.2. The Morgan fingerprint density at radius 3 is 2.10 bits per heavy atom. The quantitative estimate of drug-likeness (QED) is 0.0812. The Morgan fingerprint density at radius 2 is 1.49 bits per heavy atom. The van der Waals surface area contributed by atoms with Crippen molar-refractivity contribution in [2.24, 2.45) is 16.7 Å². The number of carbonyl (C=O) groups excluding carboxylic acids is 1. The second kappa shape index (κ2) is 17.5. The molecule has 3 heterocycles. The summed E-state index contributed by atoms with van der Waals surface area (Å²) in [7, 11) is 0. The number of rotatable bonds is 11. The summed E-state index contributed by atoms with van der Waals surface area (Å²) in [4.78, 5) is 26.4. The fraction of sp³-hybridized carbons (Fsp3) is 0.455. The normalized spacial score (nSPS) is 12.5. The molecule has 2 aromatic carbocycles. The number of aliphatic hydroxyl groups excluding tert-OH is 1. The standard InChI is InChI=1S/C29H28N3S.C15H28O2.Ir/c1-18(2)12-27-28-20(10-11-33-28)15-26(32-27)25-16-24(30-17-31-25)21-13-19-8-6-7-9-22(19)23(14-21)29(3,4)5;1-7-14(5,8-2)12(16)11-13(17)15(6,9-3)10-4;/h6-11,14-18H,12H2,1-5H3;11,16H,7-10H2,1-6H3;/q-1;;/b;12-11-;. The van der Waals surface area contributed by atoms with E-state index in [0.717, 1.165) is 65.8 Å². The largest absolute Gasteiger partial charge is 0.512 e. The van der Waals surface area contributed by atoms with E-state index in [2.05, 4.69) is 98.5 Å². The molecule has 5 nitrogen and oxygen atoms in total. The Hall–Kier alpha value is -3.25. The zero-order valence-electron chi connectivity index (χ0n) is 32.4. The summed E-state index contributed by atoms with van der Waals surface area (Å²) in [5.74, 6) is 0.829. The Bertz CT molecular complexity index is 1960. The molecule has 5 aromatic rings. The number of pyridine rings is 1. The molecule has 0 saturated carbocycles. The molecule has 275 valence electrons. The molecule has 1 N–H and O–H groups in total. The van der Waals surface area contributed by atoms with Crippen molar-refractivity contribution in [1.29, 1.82) is 0 Å². The number of aliphatic hydroxyl groups is 1. The number of fused-ring (bicyclic) bond motifs is 2. The third-order valence-electron chi connectivity index (χ3n) is 10.5. The van der Waals surface area contributed by atoms with Crippen LogP contribution in [-0.2, 0) is 36.7 Å². The van der Waals surface area contributed by atoms with Gasteiger partial charge in [-0.1, -0.05) is 105 Å². The number of allylic oxidation sites excluding steroid dienone is 2. The van der Waals surface area contributed by atoms with E-state index >= 15 is 0 Å². The molecule has 0 bridgehead atoms. The average Bonchev–Trinajstić information content (AvgIpc) is 3.59. The van der Waals surface area contributed by atoms with Crippen molar-refractivity contribution in [1.82, 2.24) is 15.0 Å². The smallest absolute Gasteiger partial charge is 0.164 e. The van der Waals surface area contributed by atoms with E-state index in [4.69, 9.17) is 4.98 Å². The van der Waals surface area contributed by atoms with Crippen molar-refractivity contribution in [3.8, 4) is 22.6 Å². The molecule has 5 rings (SSSR count). The van der Waals surface area contributed by atoms with Crippen LogP contribution < -0.4 is 0 Å². The summed E-state index contributed by atoms with van der Waals surface area (Å²) in [5.41, 5.74) is 5.46. The van der Waals surface area contributed by atoms with Gasteiger partial charge in [0.15, 0.2) is 5.78 Å². The monoisotopic (exact) mass is 883 g/mol. The zero-order valence-corrected chi connectivity index (χ0v) is 35.6. The Morgan fingerprint density at radius 1 is 0.863 bits per heavy atom. The van der Waals surface area contributed by atoms with Crippen molar-refractivity contribution in [3.63, 3.8) is 0 Å². The number of carbonyl (C=O) groups is 1. The first-order valence-electron chi connectivity index (χ1n) is 18.2. The van der Waals surface area contributed by atoms with Crippen molar-refractivity contribution in [2.75, 3.05) is 0 Å². The number of ketones is 1. The summed E-state index contributed by atoms with van der Waals surface area (Å²) in [6, 6.07) is 20.6. The van der Waals surface area contributed by atoms with Gasteiger partial charge in [0.05, 0.1) is 21.8 Å². The molecule has 51 heavy (non-hydrogen) atoms. The van der Waals surface area contributed by atoms with Crippen LogP contribution >= 0.6 is 11.3 Å². The molecule has 7 heteroatoms. The summed E-state index contributed by atoms with van der Waals surface area (Å²) in [6.07, 6.45) is 7.35. The van der Waals surface area contributed by atoms with Crippen molar-refractivity contribution < 1.29 is 30.0 Å². The molecule has 0 aliphatic heterocycles. The van der Waals surface area contributed by atoms with Crippen molar-refractivity contribution >= 4 is 38.0 Å². The van der Waals surface area contributed by atoms with Gasteiger partial charge in [0.1, 0.15) is 12.1 Å². The Kier molecular flexibility index (Phi) is 14.5. The number of thiophene rings is 1. The second-order valence-corrected chi connectivity index (χ2v) is 16.4. The van der Waals surface area contributed by atoms with Crippen LogP contribution in [0.15, 0.2) is 72.1 Å². The van der Waals surface area contributed by atoms with E-state index in [1.54, 1.807) is 17.7 Å².